The Kier molecular flexibility index (Phi) is 3.87. The van der Waals surface area contributed by atoms with Crippen LogP contribution in [0.15, 0.2) is 30.5 Å². The van der Waals surface area contributed by atoms with E-state index in [0.29, 0.717) is 16.8 Å². The van der Waals surface area contributed by atoms with Crippen LogP contribution in [0.3, 0.4) is 0 Å². The number of primary amides is 1. The minimum Gasteiger partial charge on any atom is -0.507 e. The molecule has 22 heavy (non-hydrogen) atoms. The highest BCUT2D eigenvalue weighted by Crippen LogP contribution is 2.31. The van der Waals surface area contributed by atoms with Gasteiger partial charge in [0.15, 0.2) is 0 Å². The fraction of sp³-hybridized carbons (Fsp3) is 0.214. The second-order valence-corrected chi connectivity index (χ2v) is 4.69. The molecular formula is C14H15N3O5. The summed E-state index contributed by atoms with van der Waals surface area (Å²) < 4.78 is 5.34. The van der Waals surface area contributed by atoms with Crippen molar-refractivity contribution in [1.82, 2.24) is 9.78 Å². The number of phenols is 1. The zero-order valence-electron chi connectivity index (χ0n) is 12.0. The van der Waals surface area contributed by atoms with Gasteiger partial charge in [-0.05, 0) is 24.6 Å². The number of nitrogens with zero attached hydrogens (tertiary/aromatic N) is 2. The zero-order chi connectivity index (χ0) is 16.5. The molecule has 0 aliphatic heterocycles. The van der Waals surface area contributed by atoms with Gasteiger partial charge in [0, 0.05) is 18.7 Å². The maximum absolute atomic E-state index is 11.5. The van der Waals surface area contributed by atoms with E-state index in [1.54, 1.807) is 25.1 Å². The number of ether oxygens (including phenoxy) is 1. The lowest BCUT2D eigenvalue weighted by molar-refractivity contribution is -0.244. The summed E-state index contributed by atoms with van der Waals surface area (Å²) in [6, 6.07) is 6.42. The quantitative estimate of drug-likeness (QED) is 0.547. The maximum Gasteiger partial charge on any atom is 0.397 e. The molecule has 1 atom stereocenters. The molecule has 1 aromatic heterocycles. The number of nitrogens with two attached hydrogens (primary N) is 1. The van der Waals surface area contributed by atoms with Crippen molar-refractivity contribution in [2.24, 2.45) is 5.73 Å². The van der Waals surface area contributed by atoms with Gasteiger partial charge in [0.25, 0.3) is 0 Å². The topological polar surface area (TPSA) is 128 Å². The molecule has 2 rings (SSSR count). The molecule has 0 aliphatic carbocycles. The van der Waals surface area contributed by atoms with Gasteiger partial charge in [-0.2, -0.15) is 9.78 Å². The Balaban J connectivity index is 2.55. The molecule has 4 N–H and O–H groups in total. The van der Waals surface area contributed by atoms with E-state index < -0.39 is 17.8 Å². The van der Waals surface area contributed by atoms with Crippen LogP contribution in [0.4, 0.5) is 0 Å². The number of hydrogen-bond acceptors (Lipinski definition) is 6. The molecule has 1 aromatic carbocycles. The Morgan fingerprint density at radius 1 is 1.36 bits per heavy atom. The number of aliphatic hydroxyl groups is 1. The van der Waals surface area contributed by atoms with E-state index in [4.69, 9.17) is 5.73 Å². The number of benzene rings is 1. The number of para-hydroxylation sites is 1. The van der Waals surface area contributed by atoms with Gasteiger partial charge in [-0.1, -0.05) is 12.1 Å². The first kappa shape index (κ1) is 15.5. The van der Waals surface area contributed by atoms with Gasteiger partial charge in [-0.15, -0.1) is 0 Å². The number of aromatic nitrogens is 2. The van der Waals surface area contributed by atoms with E-state index in [-0.39, 0.29) is 5.75 Å². The molecule has 8 heteroatoms. The van der Waals surface area contributed by atoms with Crippen LogP contribution in [0.5, 0.6) is 5.75 Å². The molecular weight excluding hydrogens is 290 g/mol. The summed E-state index contributed by atoms with van der Waals surface area (Å²) in [5.41, 5.74) is 6.35. The van der Waals surface area contributed by atoms with E-state index in [9.17, 15) is 19.8 Å². The van der Waals surface area contributed by atoms with Gasteiger partial charge in [-0.3, -0.25) is 9.59 Å². The highest BCUT2D eigenvalue weighted by atomic mass is 16.7. The molecule has 116 valence electrons. The highest BCUT2D eigenvalue weighted by molar-refractivity contribution is 5.82. The predicted molar refractivity (Wildman–Crippen MR) is 75.2 cm³/mol. The molecule has 0 spiro atoms. The number of esters is 1. The molecule has 0 fully saturated rings. The second-order valence-electron chi connectivity index (χ2n) is 4.69. The predicted octanol–water partition coefficient (Wildman–Crippen LogP) is 0.215. The molecule has 8 nitrogen and oxygen atoms in total. The summed E-state index contributed by atoms with van der Waals surface area (Å²) in [5.74, 6) is -4.96. The minimum atomic E-state index is -2.74. The lowest BCUT2D eigenvalue weighted by Crippen LogP contribution is -2.50. The van der Waals surface area contributed by atoms with Gasteiger partial charge >= 0.3 is 17.8 Å². The second kappa shape index (κ2) is 5.49. The summed E-state index contributed by atoms with van der Waals surface area (Å²) >= 11 is 0. The Morgan fingerprint density at radius 3 is 2.55 bits per heavy atom. The number of carbonyl (C=O) groups excluding carboxylic acids is 2. The van der Waals surface area contributed by atoms with Crippen LogP contribution in [-0.2, 0) is 20.2 Å². The molecule has 0 saturated heterocycles. The third-order valence-corrected chi connectivity index (χ3v) is 2.97. The summed E-state index contributed by atoms with van der Waals surface area (Å²) in [7, 11) is 0. The van der Waals surface area contributed by atoms with Crippen molar-refractivity contribution in [3.8, 4) is 17.0 Å². The average molecular weight is 305 g/mol. The third kappa shape index (κ3) is 2.63. The number of aryl methyl sites for hydroxylation is 1. The first-order valence-electron chi connectivity index (χ1n) is 6.32. The summed E-state index contributed by atoms with van der Waals surface area (Å²) in [5, 5.41) is 24.1. The number of carbonyl (C=O) groups is 2. The molecule has 1 heterocycles. The van der Waals surface area contributed by atoms with E-state index in [1.807, 2.05) is 0 Å². The largest absolute Gasteiger partial charge is 0.507 e. The Hall–Kier alpha value is -2.87. The smallest absolute Gasteiger partial charge is 0.397 e. The number of phenolic OH excluding ortho intramolecular Hbond substituents is 1. The van der Waals surface area contributed by atoms with E-state index in [1.165, 1.54) is 12.3 Å². The molecule has 2 aromatic rings. The lowest BCUT2D eigenvalue weighted by Gasteiger charge is -2.23. The monoisotopic (exact) mass is 305 g/mol. The van der Waals surface area contributed by atoms with Gasteiger partial charge in [0.05, 0.1) is 5.69 Å². The summed E-state index contributed by atoms with van der Waals surface area (Å²) in [4.78, 5) is 22.5. The van der Waals surface area contributed by atoms with Gasteiger partial charge in [-0.25, -0.2) is 0 Å². The Morgan fingerprint density at radius 2 is 2.00 bits per heavy atom. The van der Waals surface area contributed by atoms with Crippen LogP contribution in [0, 0.1) is 6.92 Å². The molecule has 0 aliphatic rings. The first-order chi connectivity index (χ1) is 10.3. The number of hydrogen-bond donors (Lipinski definition) is 3. The van der Waals surface area contributed by atoms with Crippen molar-refractivity contribution in [3.63, 3.8) is 0 Å². The molecule has 0 saturated carbocycles. The number of rotatable bonds is 4. The van der Waals surface area contributed by atoms with Crippen molar-refractivity contribution in [2.45, 2.75) is 19.8 Å². The fourth-order valence-corrected chi connectivity index (χ4v) is 1.97. The van der Waals surface area contributed by atoms with Crippen LogP contribution >= 0.6 is 0 Å². The van der Waals surface area contributed by atoms with Gasteiger partial charge in [0.2, 0.25) is 0 Å². The molecule has 0 radical (unpaired) electrons. The van der Waals surface area contributed by atoms with Crippen molar-refractivity contribution in [2.75, 3.05) is 0 Å². The normalized spacial score (nSPS) is 13.4. The van der Waals surface area contributed by atoms with E-state index in [2.05, 4.69) is 9.84 Å². The van der Waals surface area contributed by atoms with Crippen LogP contribution in [0.1, 0.15) is 12.5 Å². The zero-order valence-corrected chi connectivity index (χ0v) is 12.0. The fourth-order valence-electron chi connectivity index (χ4n) is 1.97. The van der Waals surface area contributed by atoms with Gasteiger partial charge in [0.1, 0.15) is 5.75 Å². The van der Waals surface area contributed by atoms with Crippen molar-refractivity contribution < 1.29 is 24.5 Å². The van der Waals surface area contributed by atoms with E-state index in [0.717, 1.165) is 11.6 Å². The Bertz CT molecular complexity index is 740. The standard InChI is InChI=1S/C14H15N3O5/c1-8-7-17(14(21,13(15)20)22-9(2)18)16-12(8)10-5-3-4-6-11(10)19/h3-7,19,21H,1-2H3,(H2,15,20). The van der Waals surface area contributed by atoms with Crippen LogP contribution in [0.2, 0.25) is 0 Å². The number of aromatic hydroxyl groups is 1. The Labute approximate surface area is 125 Å². The highest BCUT2D eigenvalue weighted by Gasteiger charge is 2.42. The molecule has 1 unspecified atom stereocenters. The van der Waals surface area contributed by atoms with Gasteiger partial charge < -0.3 is 20.7 Å². The summed E-state index contributed by atoms with van der Waals surface area (Å²) in [6.07, 6.45) is 1.29. The van der Waals surface area contributed by atoms with Crippen LogP contribution in [0.25, 0.3) is 11.3 Å². The van der Waals surface area contributed by atoms with Crippen LogP contribution < -0.4 is 5.73 Å². The minimum absolute atomic E-state index is 0.0223. The summed E-state index contributed by atoms with van der Waals surface area (Å²) in [6.45, 7) is 2.68. The average Bonchev–Trinajstić information content (AvgIpc) is 2.81. The first-order valence-corrected chi connectivity index (χ1v) is 6.32. The van der Waals surface area contributed by atoms with Crippen molar-refractivity contribution in [3.05, 3.63) is 36.0 Å². The maximum atomic E-state index is 11.5. The van der Waals surface area contributed by atoms with E-state index >= 15 is 0 Å². The SMILES string of the molecule is CC(=O)OC(O)(C(N)=O)n1cc(C)c(-c2ccccc2O)n1. The van der Waals surface area contributed by atoms with Crippen molar-refractivity contribution in [1.29, 1.82) is 0 Å². The molecule has 1 amide bonds. The number of amides is 1. The lowest BCUT2D eigenvalue weighted by atomic mass is 10.1. The third-order valence-electron chi connectivity index (χ3n) is 2.97. The van der Waals surface area contributed by atoms with Crippen LogP contribution in [-0.4, -0.2) is 31.9 Å². The van der Waals surface area contributed by atoms with Crippen molar-refractivity contribution >= 4 is 11.9 Å². The molecule has 0 bridgehead atoms.